The Morgan fingerprint density at radius 1 is 1.50 bits per heavy atom. The lowest BCUT2D eigenvalue weighted by molar-refractivity contribution is -0.140. The number of halogens is 1. The van der Waals surface area contributed by atoms with Crippen LogP contribution in [0.3, 0.4) is 0 Å². The van der Waals surface area contributed by atoms with Gasteiger partial charge in [-0.2, -0.15) is 0 Å². The molecule has 76 valence electrons. The van der Waals surface area contributed by atoms with E-state index in [0.717, 1.165) is 4.90 Å². The molecule has 0 unspecified atom stereocenters. The van der Waals surface area contributed by atoms with Crippen molar-refractivity contribution in [2.75, 3.05) is 5.75 Å². The zero-order chi connectivity index (χ0) is 10.6. The van der Waals surface area contributed by atoms with E-state index in [0.29, 0.717) is 10.8 Å². The predicted octanol–water partition coefficient (Wildman–Crippen LogP) is 3.15. The van der Waals surface area contributed by atoms with Crippen molar-refractivity contribution in [3.8, 4) is 0 Å². The second-order valence-electron chi connectivity index (χ2n) is 3.00. The number of hydrogen-bond donors (Lipinski definition) is 1. The minimum atomic E-state index is -0.758. The topological polar surface area (TPSA) is 37.3 Å². The maximum Gasteiger partial charge on any atom is 0.307 e. The van der Waals surface area contributed by atoms with Crippen molar-refractivity contribution in [3.05, 3.63) is 29.3 Å². The molecule has 0 fully saturated rings. The van der Waals surface area contributed by atoms with Gasteiger partial charge < -0.3 is 5.11 Å². The standard InChI is InChI=1S/C10H11ClO2S/c1-7(10(12)13)6-14-9-4-2-8(11)3-5-9/h2-5,7H,6H2,1H3,(H,12,13)/t7-/m0/s1. The van der Waals surface area contributed by atoms with E-state index in [1.807, 2.05) is 12.1 Å². The highest BCUT2D eigenvalue weighted by atomic mass is 35.5. The van der Waals surface area contributed by atoms with E-state index in [2.05, 4.69) is 0 Å². The summed E-state index contributed by atoms with van der Waals surface area (Å²) in [6.45, 7) is 1.70. The summed E-state index contributed by atoms with van der Waals surface area (Å²) in [5.41, 5.74) is 0. The number of carboxylic acids is 1. The molecule has 1 aromatic carbocycles. The maximum atomic E-state index is 10.5. The van der Waals surface area contributed by atoms with Crippen molar-refractivity contribution in [1.82, 2.24) is 0 Å². The summed E-state index contributed by atoms with van der Waals surface area (Å²) >= 11 is 7.25. The summed E-state index contributed by atoms with van der Waals surface area (Å²) in [7, 11) is 0. The molecule has 0 bridgehead atoms. The van der Waals surface area contributed by atoms with Crippen LogP contribution in [0.2, 0.25) is 5.02 Å². The van der Waals surface area contributed by atoms with Crippen molar-refractivity contribution < 1.29 is 9.90 Å². The van der Waals surface area contributed by atoms with E-state index in [1.165, 1.54) is 11.8 Å². The molecule has 0 spiro atoms. The molecule has 0 aromatic heterocycles. The lowest BCUT2D eigenvalue weighted by atomic mass is 10.2. The van der Waals surface area contributed by atoms with Crippen LogP contribution in [0.25, 0.3) is 0 Å². The van der Waals surface area contributed by atoms with Crippen LogP contribution in [0, 0.1) is 5.92 Å². The van der Waals surface area contributed by atoms with Gasteiger partial charge in [-0.15, -0.1) is 11.8 Å². The van der Waals surface area contributed by atoms with Gasteiger partial charge in [0.15, 0.2) is 0 Å². The number of carboxylic acid groups (broad SMARTS) is 1. The summed E-state index contributed by atoms with van der Waals surface area (Å²) in [5.74, 6) is -0.501. The van der Waals surface area contributed by atoms with Crippen molar-refractivity contribution >= 4 is 29.3 Å². The van der Waals surface area contributed by atoms with Crippen LogP contribution in [0.5, 0.6) is 0 Å². The fraction of sp³-hybridized carbons (Fsp3) is 0.300. The van der Waals surface area contributed by atoms with Crippen LogP contribution in [-0.4, -0.2) is 16.8 Å². The molecule has 1 rings (SSSR count). The molecule has 2 nitrogen and oxygen atoms in total. The normalized spacial score (nSPS) is 12.4. The van der Waals surface area contributed by atoms with E-state index < -0.39 is 5.97 Å². The van der Waals surface area contributed by atoms with Gasteiger partial charge in [0.2, 0.25) is 0 Å². The molecule has 0 saturated carbocycles. The van der Waals surface area contributed by atoms with Crippen LogP contribution in [0.4, 0.5) is 0 Å². The SMILES string of the molecule is C[C@@H](CSc1ccc(Cl)cc1)C(=O)O. The number of aliphatic carboxylic acids is 1. The average molecular weight is 231 g/mol. The molecule has 0 aliphatic heterocycles. The van der Waals surface area contributed by atoms with Crippen molar-refractivity contribution in [3.63, 3.8) is 0 Å². The number of carbonyl (C=O) groups is 1. The van der Waals surface area contributed by atoms with Crippen LogP contribution in [-0.2, 0) is 4.79 Å². The van der Waals surface area contributed by atoms with Crippen molar-refractivity contribution in [2.45, 2.75) is 11.8 Å². The predicted molar refractivity (Wildman–Crippen MR) is 59.0 cm³/mol. The molecule has 0 amide bonds. The molecule has 0 aliphatic carbocycles. The third kappa shape index (κ3) is 3.60. The van der Waals surface area contributed by atoms with Crippen LogP contribution in [0.1, 0.15) is 6.92 Å². The van der Waals surface area contributed by atoms with Gasteiger partial charge in [-0.3, -0.25) is 4.79 Å². The van der Waals surface area contributed by atoms with Gasteiger partial charge in [0.25, 0.3) is 0 Å². The summed E-state index contributed by atoms with van der Waals surface area (Å²) in [6, 6.07) is 7.38. The Morgan fingerprint density at radius 2 is 2.07 bits per heavy atom. The Kier molecular flexibility index (Phi) is 4.29. The number of hydrogen-bond acceptors (Lipinski definition) is 2. The average Bonchev–Trinajstić information content (AvgIpc) is 2.16. The molecule has 14 heavy (non-hydrogen) atoms. The molecule has 4 heteroatoms. The Hall–Kier alpha value is -0.670. The molecular formula is C10H11ClO2S. The fourth-order valence-corrected chi connectivity index (χ4v) is 1.86. The summed E-state index contributed by atoms with van der Waals surface area (Å²) < 4.78 is 0. The van der Waals surface area contributed by atoms with Crippen LogP contribution >= 0.6 is 23.4 Å². The molecule has 1 atom stereocenters. The quantitative estimate of drug-likeness (QED) is 0.808. The van der Waals surface area contributed by atoms with Gasteiger partial charge in [0, 0.05) is 15.7 Å². The lowest BCUT2D eigenvalue weighted by Crippen LogP contribution is -2.11. The monoisotopic (exact) mass is 230 g/mol. The Labute approximate surface area is 92.3 Å². The molecule has 0 heterocycles. The Balaban J connectivity index is 2.46. The van der Waals surface area contributed by atoms with E-state index in [9.17, 15) is 4.79 Å². The molecule has 1 aromatic rings. The highest BCUT2D eigenvalue weighted by molar-refractivity contribution is 7.99. The second-order valence-corrected chi connectivity index (χ2v) is 4.53. The molecular weight excluding hydrogens is 220 g/mol. The highest BCUT2D eigenvalue weighted by Crippen LogP contribution is 2.22. The zero-order valence-electron chi connectivity index (χ0n) is 7.74. The van der Waals surface area contributed by atoms with Crippen LogP contribution < -0.4 is 0 Å². The van der Waals surface area contributed by atoms with Gasteiger partial charge in [0.1, 0.15) is 0 Å². The molecule has 1 N–H and O–H groups in total. The van der Waals surface area contributed by atoms with Crippen LogP contribution in [0.15, 0.2) is 29.2 Å². The minimum absolute atomic E-state index is 0.323. The van der Waals surface area contributed by atoms with Crippen molar-refractivity contribution in [2.24, 2.45) is 5.92 Å². The molecule has 0 radical (unpaired) electrons. The summed E-state index contributed by atoms with van der Waals surface area (Å²) in [6.07, 6.45) is 0. The van der Waals surface area contributed by atoms with Gasteiger partial charge >= 0.3 is 5.97 Å². The number of rotatable bonds is 4. The number of benzene rings is 1. The summed E-state index contributed by atoms with van der Waals surface area (Å²) in [5, 5.41) is 9.36. The molecule has 0 saturated heterocycles. The first-order valence-electron chi connectivity index (χ1n) is 4.21. The first-order valence-corrected chi connectivity index (χ1v) is 5.57. The smallest absolute Gasteiger partial charge is 0.307 e. The zero-order valence-corrected chi connectivity index (χ0v) is 9.31. The third-order valence-electron chi connectivity index (χ3n) is 1.74. The van der Waals surface area contributed by atoms with Gasteiger partial charge in [0.05, 0.1) is 5.92 Å². The fourth-order valence-electron chi connectivity index (χ4n) is 0.823. The third-order valence-corrected chi connectivity index (χ3v) is 3.26. The van der Waals surface area contributed by atoms with Crippen molar-refractivity contribution in [1.29, 1.82) is 0 Å². The highest BCUT2D eigenvalue weighted by Gasteiger charge is 2.10. The molecule has 0 aliphatic rings. The van der Waals surface area contributed by atoms with E-state index in [-0.39, 0.29) is 5.92 Å². The van der Waals surface area contributed by atoms with Gasteiger partial charge in [-0.25, -0.2) is 0 Å². The van der Waals surface area contributed by atoms with Gasteiger partial charge in [-0.05, 0) is 24.3 Å². The van der Waals surface area contributed by atoms with E-state index in [4.69, 9.17) is 16.7 Å². The lowest BCUT2D eigenvalue weighted by Gasteiger charge is -2.05. The van der Waals surface area contributed by atoms with Gasteiger partial charge in [-0.1, -0.05) is 18.5 Å². The van der Waals surface area contributed by atoms with E-state index >= 15 is 0 Å². The first-order chi connectivity index (χ1) is 6.59. The largest absolute Gasteiger partial charge is 0.481 e. The minimum Gasteiger partial charge on any atom is -0.481 e. The Bertz CT molecular complexity index is 310. The number of thioether (sulfide) groups is 1. The van der Waals surface area contributed by atoms with E-state index in [1.54, 1.807) is 19.1 Å². The second kappa shape index (κ2) is 5.27. The summed E-state index contributed by atoms with van der Waals surface area (Å²) in [4.78, 5) is 11.6. The Morgan fingerprint density at radius 3 is 2.57 bits per heavy atom. The first kappa shape index (κ1) is 11.4. The maximum absolute atomic E-state index is 10.5.